The Morgan fingerprint density at radius 2 is 1.73 bits per heavy atom. The van der Waals surface area contributed by atoms with Crippen LogP contribution in [0.25, 0.3) is 0 Å². The van der Waals surface area contributed by atoms with Gasteiger partial charge in [0.1, 0.15) is 0 Å². The van der Waals surface area contributed by atoms with Gasteiger partial charge in [0.15, 0.2) is 0 Å². The number of piperazine rings is 1. The van der Waals surface area contributed by atoms with Crippen LogP contribution >= 0.6 is 0 Å². The van der Waals surface area contributed by atoms with E-state index in [0.717, 1.165) is 17.8 Å². The van der Waals surface area contributed by atoms with E-state index in [2.05, 4.69) is 27.3 Å². The van der Waals surface area contributed by atoms with Crippen molar-refractivity contribution in [1.29, 1.82) is 0 Å². The highest BCUT2D eigenvalue weighted by Gasteiger charge is 2.29. The zero-order valence-electron chi connectivity index (χ0n) is 18.6. The summed E-state index contributed by atoms with van der Waals surface area (Å²) in [6.45, 7) is 5.19. The molecular formula is C25H28N4O3S. The molecule has 0 bridgehead atoms. The van der Waals surface area contributed by atoms with Crippen LogP contribution in [0.5, 0.6) is 0 Å². The van der Waals surface area contributed by atoms with Crippen LogP contribution < -0.4 is 5.32 Å². The van der Waals surface area contributed by atoms with Crippen molar-refractivity contribution in [2.45, 2.75) is 24.9 Å². The quantitative estimate of drug-likeness (QED) is 0.581. The van der Waals surface area contributed by atoms with E-state index in [1.807, 2.05) is 37.3 Å². The number of sulfonamides is 1. The third-order valence-corrected chi connectivity index (χ3v) is 7.74. The molecule has 1 amide bonds. The fourth-order valence-electron chi connectivity index (χ4n) is 3.89. The van der Waals surface area contributed by atoms with Crippen molar-refractivity contribution in [1.82, 2.24) is 19.5 Å². The Hall–Kier alpha value is -3.07. The van der Waals surface area contributed by atoms with Crippen LogP contribution in [0, 0.1) is 6.92 Å². The van der Waals surface area contributed by atoms with Gasteiger partial charge in [-0.05, 0) is 42.3 Å². The molecule has 0 radical (unpaired) electrons. The number of carbonyl (C=O) groups is 1. The van der Waals surface area contributed by atoms with Gasteiger partial charge in [0, 0.05) is 44.5 Å². The summed E-state index contributed by atoms with van der Waals surface area (Å²) in [6, 6.07) is 20.2. The number of carbonyl (C=O) groups excluding carboxylic acids is 1. The standard InChI is InChI=1S/C25H28N4O3S/c1-20-7-6-12-26-24(20)18-27-25(30)22-10-5-11-23(17-22)33(31,32)29-15-13-28(14-16-29)19-21-8-3-2-4-9-21/h2-12,17H,13-16,18-19H2,1H3,(H,27,30). The molecule has 0 atom stereocenters. The van der Waals surface area contributed by atoms with Gasteiger partial charge in [-0.2, -0.15) is 4.31 Å². The van der Waals surface area contributed by atoms with E-state index in [1.54, 1.807) is 24.4 Å². The number of benzene rings is 2. The van der Waals surface area contributed by atoms with E-state index in [4.69, 9.17) is 0 Å². The zero-order valence-corrected chi connectivity index (χ0v) is 19.5. The molecule has 0 unspecified atom stereocenters. The van der Waals surface area contributed by atoms with Gasteiger partial charge < -0.3 is 5.32 Å². The summed E-state index contributed by atoms with van der Waals surface area (Å²) in [5.74, 6) is -0.329. The third-order valence-electron chi connectivity index (χ3n) is 5.85. The summed E-state index contributed by atoms with van der Waals surface area (Å²) in [5, 5.41) is 2.83. The average Bonchev–Trinajstić information content (AvgIpc) is 2.84. The summed E-state index contributed by atoms with van der Waals surface area (Å²) in [5.41, 5.74) is 3.30. The molecule has 0 aliphatic carbocycles. The van der Waals surface area contributed by atoms with Gasteiger partial charge in [-0.15, -0.1) is 0 Å². The summed E-state index contributed by atoms with van der Waals surface area (Å²) in [6.07, 6.45) is 1.68. The topological polar surface area (TPSA) is 82.6 Å². The van der Waals surface area contributed by atoms with E-state index in [1.165, 1.54) is 15.9 Å². The van der Waals surface area contributed by atoms with Gasteiger partial charge in [0.25, 0.3) is 5.91 Å². The lowest BCUT2D eigenvalue weighted by molar-refractivity contribution is 0.0950. The van der Waals surface area contributed by atoms with E-state index in [-0.39, 0.29) is 17.3 Å². The van der Waals surface area contributed by atoms with Gasteiger partial charge in [0.05, 0.1) is 17.1 Å². The summed E-state index contributed by atoms with van der Waals surface area (Å²) in [7, 11) is -3.67. The van der Waals surface area contributed by atoms with Crippen LogP contribution in [0.15, 0.2) is 77.8 Å². The highest BCUT2D eigenvalue weighted by atomic mass is 32.2. The van der Waals surface area contributed by atoms with E-state index in [0.29, 0.717) is 31.7 Å². The number of rotatable bonds is 7. The second-order valence-corrected chi connectivity index (χ2v) is 10.1. The first-order valence-corrected chi connectivity index (χ1v) is 12.4. The Morgan fingerprint density at radius 1 is 0.970 bits per heavy atom. The Morgan fingerprint density at radius 3 is 2.45 bits per heavy atom. The van der Waals surface area contributed by atoms with Gasteiger partial charge in [-0.25, -0.2) is 8.42 Å². The molecule has 33 heavy (non-hydrogen) atoms. The molecule has 8 heteroatoms. The first-order chi connectivity index (χ1) is 15.9. The molecule has 1 aromatic heterocycles. The lowest BCUT2D eigenvalue weighted by atomic mass is 10.2. The lowest BCUT2D eigenvalue weighted by Crippen LogP contribution is -2.48. The fraction of sp³-hybridized carbons (Fsp3) is 0.280. The zero-order chi connectivity index (χ0) is 23.3. The predicted molar refractivity (Wildman–Crippen MR) is 127 cm³/mol. The van der Waals surface area contributed by atoms with Crippen molar-refractivity contribution in [3.05, 3.63) is 95.3 Å². The predicted octanol–water partition coefficient (Wildman–Crippen LogP) is 2.83. The second-order valence-electron chi connectivity index (χ2n) is 8.14. The van der Waals surface area contributed by atoms with Crippen molar-refractivity contribution >= 4 is 15.9 Å². The van der Waals surface area contributed by atoms with Gasteiger partial charge in [-0.1, -0.05) is 42.5 Å². The number of amides is 1. The third kappa shape index (κ3) is 5.65. The van der Waals surface area contributed by atoms with Crippen LogP contribution in [0.1, 0.15) is 27.2 Å². The molecular weight excluding hydrogens is 436 g/mol. The Labute approximate surface area is 195 Å². The molecule has 7 nitrogen and oxygen atoms in total. The number of hydrogen-bond donors (Lipinski definition) is 1. The maximum absolute atomic E-state index is 13.2. The van der Waals surface area contributed by atoms with Crippen molar-refractivity contribution in [3.8, 4) is 0 Å². The van der Waals surface area contributed by atoms with Gasteiger partial charge >= 0.3 is 0 Å². The normalized spacial score (nSPS) is 15.3. The number of nitrogens with zero attached hydrogens (tertiary/aromatic N) is 3. The Kier molecular flexibility index (Phi) is 7.17. The fourth-order valence-corrected chi connectivity index (χ4v) is 5.35. The van der Waals surface area contributed by atoms with Gasteiger partial charge in [0.2, 0.25) is 10.0 Å². The molecule has 172 valence electrons. The first-order valence-electron chi connectivity index (χ1n) is 11.0. The summed E-state index contributed by atoms with van der Waals surface area (Å²) in [4.78, 5) is 19.3. The molecule has 2 aromatic carbocycles. The van der Waals surface area contributed by atoms with Crippen LogP contribution in [0.3, 0.4) is 0 Å². The molecule has 3 aromatic rings. The SMILES string of the molecule is Cc1cccnc1CNC(=O)c1cccc(S(=O)(=O)N2CCN(Cc3ccccc3)CC2)c1. The molecule has 1 aliphatic rings. The van der Waals surface area contributed by atoms with Crippen molar-refractivity contribution in [2.24, 2.45) is 0 Å². The number of hydrogen-bond acceptors (Lipinski definition) is 5. The monoisotopic (exact) mass is 464 g/mol. The van der Waals surface area contributed by atoms with Crippen LogP contribution in [0.2, 0.25) is 0 Å². The van der Waals surface area contributed by atoms with Crippen molar-refractivity contribution in [2.75, 3.05) is 26.2 Å². The van der Waals surface area contributed by atoms with Gasteiger partial charge in [-0.3, -0.25) is 14.7 Å². The van der Waals surface area contributed by atoms with Crippen molar-refractivity contribution in [3.63, 3.8) is 0 Å². The van der Waals surface area contributed by atoms with Crippen LogP contribution in [-0.4, -0.2) is 54.7 Å². The van der Waals surface area contributed by atoms with E-state index >= 15 is 0 Å². The number of pyridine rings is 1. The Balaban J connectivity index is 1.39. The second kappa shape index (κ2) is 10.2. The molecule has 0 saturated carbocycles. The molecule has 2 heterocycles. The van der Waals surface area contributed by atoms with E-state index < -0.39 is 10.0 Å². The maximum atomic E-state index is 13.2. The minimum absolute atomic E-state index is 0.140. The highest BCUT2D eigenvalue weighted by Crippen LogP contribution is 2.20. The molecule has 1 fully saturated rings. The Bertz CT molecular complexity index is 1210. The lowest BCUT2D eigenvalue weighted by Gasteiger charge is -2.34. The number of aromatic nitrogens is 1. The average molecular weight is 465 g/mol. The van der Waals surface area contributed by atoms with Crippen LogP contribution in [0.4, 0.5) is 0 Å². The summed E-state index contributed by atoms with van der Waals surface area (Å²) < 4.78 is 27.9. The molecule has 1 saturated heterocycles. The van der Waals surface area contributed by atoms with Crippen molar-refractivity contribution < 1.29 is 13.2 Å². The first kappa shape index (κ1) is 23.1. The largest absolute Gasteiger partial charge is 0.346 e. The minimum atomic E-state index is -3.67. The number of nitrogens with one attached hydrogen (secondary N) is 1. The van der Waals surface area contributed by atoms with E-state index in [9.17, 15) is 13.2 Å². The van der Waals surface area contributed by atoms with Crippen LogP contribution in [-0.2, 0) is 23.1 Å². The smallest absolute Gasteiger partial charge is 0.251 e. The molecule has 1 aliphatic heterocycles. The molecule has 4 rings (SSSR count). The number of aryl methyl sites for hydroxylation is 1. The highest BCUT2D eigenvalue weighted by molar-refractivity contribution is 7.89. The molecule has 1 N–H and O–H groups in total. The maximum Gasteiger partial charge on any atom is 0.251 e. The summed E-state index contributed by atoms with van der Waals surface area (Å²) >= 11 is 0. The molecule has 0 spiro atoms. The minimum Gasteiger partial charge on any atom is -0.346 e.